The lowest BCUT2D eigenvalue weighted by molar-refractivity contribution is -0.257. The first-order valence-corrected chi connectivity index (χ1v) is 14.5. The van der Waals surface area contributed by atoms with E-state index in [-0.39, 0.29) is 25.1 Å². The largest absolute Gasteiger partial charge is 0.508 e. The average molecular weight is 578 g/mol. The molecule has 9 nitrogen and oxygen atoms in total. The van der Waals surface area contributed by atoms with Gasteiger partial charge < -0.3 is 19.5 Å². The van der Waals surface area contributed by atoms with Crippen LogP contribution in [0.4, 0.5) is 4.79 Å². The third kappa shape index (κ3) is 8.77. The summed E-state index contributed by atoms with van der Waals surface area (Å²) >= 11 is 0. The molecule has 1 aliphatic heterocycles. The van der Waals surface area contributed by atoms with Gasteiger partial charge in [-0.05, 0) is 62.7 Å². The van der Waals surface area contributed by atoms with Crippen molar-refractivity contribution in [3.8, 4) is 5.75 Å². The van der Waals surface area contributed by atoms with Gasteiger partial charge in [0.15, 0.2) is 6.10 Å². The summed E-state index contributed by atoms with van der Waals surface area (Å²) in [5.41, 5.74) is 2.05. The van der Waals surface area contributed by atoms with Crippen LogP contribution >= 0.6 is 0 Å². The van der Waals surface area contributed by atoms with Crippen molar-refractivity contribution >= 4 is 29.1 Å². The minimum absolute atomic E-state index is 0.0635. The Morgan fingerprint density at radius 1 is 1.10 bits per heavy atom. The third-order valence-corrected chi connectivity index (χ3v) is 7.30. The van der Waals surface area contributed by atoms with Crippen LogP contribution in [0, 0.1) is 6.92 Å². The maximum Gasteiger partial charge on any atom is 0.436 e. The van der Waals surface area contributed by atoms with Crippen molar-refractivity contribution in [2.75, 3.05) is 20.1 Å². The molecular formula is C33H43N3O6. The van der Waals surface area contributed by atoms with Gasteiger partial charge in [-0.2, -0.15) is 5.06 Å². The number of amides is 2. The molecule has 42 heavy (non-hydrogen) atoms. The Labute approximate surface area is 248 Å². The molecule has 0 aromatic heterocycles. The van der Waals surface area contributed by atoms with Crippen LogP contribution in [-0.4, -0.2) is 76.7 Å². The van der Waals surface area contributed by atoms with Gasteiger partial charge >= 0.3 is 6.09 Å². The number of aldehydes is 1. The summed E-state index contributed by atoms with van der Waals surface area (Å²) in [7, 11) is 1.90. The molecule has 9 heteroatoms. The predicted molar refractivity (Wildman–Crippen MR) is 163 cm³/mol. The van der Waals surface area contributed by atoms with Gasteiger partial charge in [0, 0.05) is 12.6 Å². The number of rotatable bonds is 10. The molecule has 1 aliphatic rings. The van der Waals surface area contributed by atoms with Crippen LogP contribution in [0.3, 0.4) is 0 Å². The van der Waals surface area contributed by atoms with E-state index in [2.05, 4.69) is 0 Å². The maximum absolute atomic E-state index is 13.3. The lowest BCUT2D eigenvalue weighted by Gasteiger charge is -2.45. The first-order chi connectivity index (χ1) is 20.2. The number of aryl methyl sites for hydroxylation is 1. The van der Waals surface area contributed by atoms with Gasteiger partial charge in [-0.15, -0.1) is 0 Å². The predicted octanol–water partition coefficient (Wildman–Crippen LogP) is 5.68. The highest BCUT2D eigenvalue weighted by Crippen LogP contribution is 2.25. The standard InChI is InChI=1S/C26H35N3O5.C7H8O/c1-5-6-14-23-25(31)28(15-16-30)24(17-27(4)19(2)3)29(34-23)26(32)33-18-21-12-9-11-20-10-7-8-13-22(20)21;1-6-2-4-7(8)5-3-6/h7-13,16,19,23-24H,5-6,14-15,17-18H2,1-4H3;2-5,8H,1H3. The number of ether oxygens (including phenoxy) is 1. The minimum atomic E-state index is -0.828. The zero-order valence-corrected chi connectivity index (χ0v) is 25.2. The first-order valence-electron chi connectivity index (χ1n) is 14.5. The van der Waals surface area contributed by atoms with Crippen molar-refractivity contribution in [3.63, 3.8) is 0 Å². The molecule has 226 valence electrons. The molecule has 2 unspecified atom stereocenters. The van der Waals surface area contributed by atoms with Crippen LogP contribution in [0.15, 0.2) is 66.7 Å². The number of nitrogens with zero attached hydrogens (tertiary/aromatic N) is 3. The molecule has 1 N–H and O–H groups in total. The first kappa shape index (κ1) is 32.6. The Balaban J connectivity index is 0.000000521. The fourth-order valence-electron chi connectivity index (χ4n) is 4.54. The normalized spacial score (nSPS) is 16.9. The van der Waals surface area contributed by atoms with Crippen molar-refractivity contribution in [1.82, 2.24) is 14.9 Å². The number of unbranched alkanes of at least 4 members (excludes halogenated alkanes) is 1. The molecule has 0 bridgehead atoms. The van der Waals surface area contributed by atoms with Crippen LogP contribution in [0.2, 0.25) is 0 Å². The number of hydroxylamine groups is 2. The summed E-state index contributed by atoms with van der Waals surface area (Å²) in [4.78, 5) is 47.2. The third-order valence-electron chi connectivity index (χ3n) is 7.30. The zero-order valence-electron chi connectivity index (χ0n) is 25.2. The summed E-state index contributed by atoms with van der Waals surface area (Å²) < 4.78 is 5.68. The second-order valence-electron chi connectivity index (χ2n) is 10.8. The van der Waals surface area contributed by atoms with Gasteiger partial charge in [0.25, 0.3) is 5.91 Å². The van der Waals surface area contributed by atoms with Gasteiger partial charge in [0.2, 0.25) is 0 Å². The minimum Gasteiger partial charge on any atom is -0.508 e. The zero-order chi connectivity index (χ0) is 30.6. The topological polar surface area (TPSA) is 99.6 Å². The van der Waals surface area contributed by atoms with E-state index in [1.54, 1.807) is 12.1 Å². The van der Waals surface area contributed by atoms with Gasteiger partial charge in [0.05, 0.1) is 6.54 Å². The number of likely N-dealkylation sites (N-methyl/N-ethyl adjacent to an activating group) is 1. The van der Waals surface area contributed by atoms with E-state index in [1.165, 1.54) is 10.5 Å². The smallest absolute Gasteiger partial charge is 0.436 e. The van der Waals surface area contributed by atoms with Crippen molar-refractivity contribution in [1.29, 1.82) is 0 Å². The van der Waals surface area contributed by atoms with E-state index in [4.69, 9.17) is 14.7 Å². The number of aromatic hydroxyl groups is 1. The van der Waals surface area contributed by atoms with Gasteiger partial charge in [-0.25, -0.2) is 4.79 Å². The summed E-state index contributed by atoms with van der Waals surface area (Å²) in [6.45, 7) is 8.31. The van der Waals surface area contributed by atoms with Crippen LogP contribution in [-0.2, 0) is 25.8 Å². The number of hydrogen-bond donors (Lipinski definition) is 1. The quantitative estimate of drug-likeness (QED) is 0.310. The molecule has 3 aromatic rings. The molecule has 2 atom stereocenters. The number of hydrogen-bond acceptors (Lipinski definition) is 7. The van der Waals surface area contributed by atoms with Gasteiger partial charge in [-0.1, -0.05) is 79.9 Å². The summed E-state index contributed by atoms with van der Waals surface area (Å²) in [5, 5.41) is 12.0. The molecule has 2 amide bonds. The number of fused-ring (bicyclic) bond motifs is 1. The lowest BCUT2D eigenvalue weighted by Crippen LogP contribution is -2.65. The summed E-state index contributed by atoms with van der Waals surface area (Å²) in [5.74, 6) is 0.0522. The molecular weight excluding hydrogens is 534 g/mol. The van der Waals surface area contributed by atoms with Crippen molar-refractivity contribution in [3.05, 3.63) is 77.9 Å². The van der Waals surface area contributed by atoms with Crippen LogP contribution in [0.1, 0.15) is 51.2 Å². The van der Waals surface area contributed by atoms with Gasteiger partial charge in [-0.3, -0.25) is 14.5 Å². The second-order valence-corrected chi connectivity index (χ2v) is 10.8. The van der Waals surface area contributed by atoms with Crippen LogP contribution < -0.4 is 0 Å². The fourth-order valence-corrected chi connectivity index (χ4v) is 4.54. The average Bonchev–Trinajstić information content (AvgIpc) is 2.99. The summed E-state index contributed by atoms with van der Waals surface area (Å²) in [6, 6.07) is 21.0. The van der Waals surface area contributed by atoms with Crippen LogP contribution in [0.25, 0.3) is 10.8 Å². The number of benzene rings is 3. The Kier molecular flexibility index (Phi) is 12.3. The van der Waals surface area contributed by atoms with E-state index in [1.807, 2.05) is 94.2 Å². The molecule has 0 saturated carbocycles. The highest BCUT2D eigenvalue weighted by molar-refractivity contribution is 5.86. The Hall–Kier alpha value is -3.95. The number of phenolic OH excluding ortho intramolecular Hbond substituents is 1. The van der Waals surface area contributed by atoms with E-state index >= 15 is 0 Å². The highest BCUT2D eigenvalue weighted by atomic mass is 16.7. The molecule has 0 spiro atoms. The van der Waals surface area contributed by atoms with Crippen molar-refractivity contribution < 1.29 is 29.1 Å². The monoisotopic (exact) mass is 577 g/mol. The number of carbonyl (C=O) groups is 3. The number of carbonyl (C=O) groups excluding carboxylic acids is 3. The summed E-state index contributed by atoms with van der Waals surface area (Å²) in [6.07, 6.45) is 0.507. The Morgan fingerprint density at radius 2 is 1.79 bits per heavy atom. The molecule has 1 fully saturated rings. The SMILES string of the molecule is CCCCC1ON(C(=O)OCc2cccc3ccccc23)C(CN(C)C(C)C)N(CC=O)C1=O.Cc1ccc(O)cc1. The molecule has 0 aliphatic carbocycles. The number of phenols is 1. The van der Waals surface area contributed by atoms with E-state index in [0.29, 0.717) is 25.0 Å². The van der Waals surface area contributed by atoms with E-state index in [0.717, 1.165) is 34.2 Å². The molecule has 3 aromatic carbocycles. The van der Waals surface area contributed by atoms with E-state index in [9.17, 15) is 14.4 Å². The second kappa shape index (κ2) is 15.9. The molecule has 4 rings (SSSR count). The Morgan fingerprint density at radius 3 is 2.43 bits per heavy atom. The maximum atomic E-state index is 13.3. The van der Waals surface area contributed by atoms with Crippen molar-refractivity contribution in [2.24, 2.45) is 0 Å². The van der Waals surface area contributed by atoms with Crippen molar-refractivity contribution in [2.45, 2.75) is 71.9 Å². The van der Waals surface area contributed by atoms with Crippen LogP contribution in [0.5, 0.6) is 5.75 Å². The Bertz CT molecular complexity index is 1290. The fraction of sp³-hybridized carbons (Fsp3) is 0.424. The highest BCUT2D eigenvalue weighted by Gasteiger charge is 2.44. The van der Waals surface area contributed by atoms with E-state index < -0.39 is 18.4 Å². The molecule has 0 radical (unpaired) electrons. The molecule has 1 saturated heterocycles. The van der Waals surface area contributed by atoms with Gasteiger partial charge in [0.1, 0.15) is 24.8 Å². The molecule has 1 heterocycles. The lowest BCUT2D eigenvalue weighted by atomic mass is 10.1.